The number of nitrogens with zero attached hydrogens (tertiary/aromatic N) is 1. The molecule has 0 bridgehead atoms. The Labute approximate surface area is 75.4 Å². The zero-order valence-corrected chi connectivity index (χ0v) is 8.02. The van der Waals surface area contributed by atoms with Crippen molar-refractivity contribution in [3.05, 3.63) is 0 Å². The number of halogens is 1. The van der Waals surface area contributed by atoms with Gasteiger partial charge in [-0.2, -0.15) is 0 Å². The van der Waals surface area contributed by atoms with E-state index in [1.54, 1.807) is 0 Å². The van der Waals surface area contributed by atoms with Crippen molar-refractivity contribution < 1.29 is 4.79 Å². The van der Waals surface area contributed by atoms with E-state index < -0.39 is 0 Å². The number of carbonyl (C=O) groups is 1. The highest BCUT2D eigenvalue weighted by atomic mass is 127. The molecule has 9 heavy (non-hydrogen) atoms. The van der Waals surface area contributed by atoms with Crippen LogP contribution in [0.15, 0.2) is 0 Å². The molecule has 52 valence electrons. The fraction of sp³-hybridized carbons (Fsp3) is 0.800. The van der Waals surface area contributed by atoms with Crippen LogP contribution in [0.25, 0.3) is 0 Å². The second kappa shape index (κ2) is 2.65. The van der Waals surface area contributed by atoms with E-state index in [0.29, 0.717) is 11.3 Å². The molecule has 0 unspecified atom stereocenters. The normalized spacial score (nSPS) is 30.9. The number of amides is 1. The summed E-state index contributed by atoms with van der Waals surface area (Å²) in [6.45, 7) is 0.994. The van der Waals surface area contributed by atoms with Crippen molar-refractivity contribution in [1.29, 1.82) is 0 Å². The number of β-lactam (4-membered cyclic amide) rings is 1. The second-order valence-corrected chi connectivity index (χ2v) is 3.40. The van der Waals surface area contributed by atoms with Crippen LogP contribution in [-0.4, -0.2) is 28.5 Å². The first-order valence-electron chi connectivity index (χ1n) is 2.79. The van der Waals surface area contributed by atoms with Crippen LogP contribution in [-0.2, 0) is 4.79 Å². The molecule has 2 nitrogen and oxygen atoms in total. The zero-order valence-electron chi connectivity index (χ0n) is 4.87. The first-order valence-corrected chi connectivity index (χ1v) is 3.84. The molecule has 0 saturated carbocycles. The Morgan fingerprint density at radius 2 is 2.44 bits per heavy atom. The predicted molar refractivity (Wildman–Crippen MR) is 48.0 cm³/mol. The van der Waals surface area contributed by atoms with Crippen molar-refractivity contribution in [2.75, 3.05) is 12.3 Å². The summed E-state index contributed by atoms with van der Waals surface area (Å²) in [5, 5.41) is 0.572. The Morgan fingerprint density at radius 1 is 1.67 bits per heavy atom. The van der Waals surface area contributed by atoms with Gasteiger partial charge in [0.25, 0.3) is 0 Å². The van der Waals surface area contributed by atoms with Crippen LogP contribution in [0, 0.1) is 0 Å². The minimum atomic E-state index is 0. The first-order chi connectivity index (χ1) is 3.88. The highest BCUT2D eigenvalue weighted by Crippen LogP contribution is 2.34. The third-order valence-electron chi connectivity index (χ3n) is 1.66. The van der Waals surface area contributed by atoms with E-state index in [1.807, 2.05) is 16.7 Å². The molecule has 2 aliphatic heterocycles. The van der Waals surface area contributed by atoms with Gasteiger partial charge in [0.2, 0.25) is 5.91 Å². The van der Waals surface area contributed by atoms with E-state index in [2.05, 4.69) is 0 Å². The van der Waals surface area contributed by atoms with Crippen molar-refractivity contribution in [2.45, 2.75) is 11.8 Å². The van der Waals surface area contributed by atoms with E-state index in [-0.39, 0.29) is 24.0 Å². The molecule has 0 aromatic carbocycles. The fourth-order valence-corrected chi connectivity index (χ4v) is 2.37. The lowest BCUT2D eigenvalue weighted by atomic mass is 10.2. The predicted octanol–water partition coefficient (Wildman–Crippen LogP) is 0.910. The Balaban J connectivity index is 0.000000405. The number of thioether (sulfide) groups is 1. The van der Waals surface area contributed by atoms with Gasteiger partial charge in [-0.15, -0.1) is 35.7 Å². The lowest BCUT2D eigenvalue weighted by molar-refractivity contribution is -0.140. The molecule has 0 aromatic rings. The summed E-state index contributed by atoms with van der Waals surface area (Å²) in [5.74, 6) is 1.50. The largest absolute Gasteiger partial charge is 0.329 e. The van der Waals surface area contributed by atoms with Crippen molar-refractivity contribution in [1.82, 2.24) is 4.90 Å². The van der Waals surface area contributed by atoms with E-state index in [1.165, 1.54) is 0 Å². The Morgan fingerprint density at radius 3 is 2.89 bits per heavy atom. The third-order valence-corrected chi connectivity index (χ3v) is 2.88. The topological polar surface area (TPSA) is 20.3 Å². The average molecular weight is 257 g/mol. The molecule has 2 heterocycles. The molecule has 2 fully saturated rings. The van der Waals surface area contributed by atoms with Crippen molar-refractivity contribution in [2.24, 2.45) is 0 Å². The van der Waals surface area contributed by atoms with Gasteiger partial charge in [-0.05, 0) is 0 Å². The fourth-order valence-electron chi connectivity index (χ4n) is 1.13. The highest BCUT2D eigenvalue weighted by molar-refractivity contribution is 14.0. The van der Waals surface area contributed by atoms with Gasteiger partial charge in [-0.3, -0.25) is 4.79 Å². The summed E-state index contributed by atoms with van der Waals surface area (Å²) in [7, 11) is 0. The molecule has 2 saturated heterocycles. The number of hydrogen-bond donors (Lipinski definition) is 0. The lowest BCUT2D eigenvalue weighted by Crippen LogP contribution is -2.46. The van der Waals surface area contributed by atoms with Gasteiger partial charge in [0.1, 0.15) is 0 Å². The van der Waals surface area contributed by atoms with Crippen LogP contribution < -0.4 is 0 Å². The van der Waals surface area contributed by atoms with Crippen LogP contribution in [0.5, 0.6) is 0 Å². The van der Waals surface area contributed by atoms with Crippen LogP contribution in [0.1, 0.15) is 6.42 Å². The summed E-state index contributed by atoms with van der Waals surface area (Å²) in [6, 6.07) is 0. The SMILES string of the molecule is I.O=C1C[C@H]2SCCN12. The maximum Gasteiger partial charge on any atom is 0.226 e. The monoisotopic (exact) mass is 257 g/mol. The molecule has 4 heteroatoms. The average Bonchev–Trinajstić information content (AvgIpc) is 2.09. The molecule has 2 aliphatic rings. The second-order valence-electron chi connectivity index (χ2n) is 2.12. The van der Waals surface area contributed by atoms with E-state index in [4.69, 9.17) is 0 Å². The minimum Gasteiger partial charge on any atom is -0.329 e. The van der Waals surface area contributed by atoms with Gasteiger partial charge in [0.15, 0.2) is 0 Å². The molecule has 0 N–H and O–H groups in total. The van der Waals surface area contributed by atoms with Crippen molar-refractivity contribution >= 4 is 41.6 Å². The molecule has 2 rings (SSSR count). The summed E-state index contributed by atoms with van der Waals surface area (Å²) >= 11 is 1.90. The quantitative estimate of drug-likeness (QED) is 0.475. The van der Waals surface area contributed by atoms with Crippen molar-refractivity contribution in [3.63, 3.8) is 0 Å². The van der Waals surface area contributed by atoms with Crippen LogP contribution >= 0.6 is 35.7 Å². The number of rotatable bonds is 0. The summed E-state index contributed by atoms with van der Waals surface area (Å²) < 4.78 is 0. The maximum atomic E-state index is 10.6. The standard InChI is InChI=1S/C5H7NOS.HI/c7-4-3-5-6(4)1-2-8-5;/h5H,1-3H2;1H/t5-;/m1./s1. The third kappa shape index (κ3) is 1.07. The molecule has 1 atom stereocenters. The molecule has 0 radical (unpaired) electrons. The van der Waals surface area contributed by atoms with Crippen LogP contribution in [0.3, 0.4) is 0 Å². The maximum absolute atomic E-state index is 10.6. The molecule has 0 aliphatic carbocycles. The zero-order chi connectivity index (χ0) is 5.56. The Hall–Kier alpha value is 0.550. The molecular formula is C5H8INOS. The van der Waals surface area contributed by atoms with Crippen LogP contribution in [0.4, 0.5) is 0 Å². The number of hydrogen-bond acceptors (Lipinski definition) is 2. The van der Waals surface area contributed by atoms with Crippen LogP contribution in [0.2, 0.25) is 0 Å². The summed E-state index contributed by atoms with van der Waals surface area (Å²) in [4.78, 5) is 12.6. The highest BCUT2D eigenvalue weighted by Gasteiger charge is 2.39. The molecule has 1 amide bonds. The van der Waals surface area contributed by atoms with Gasteiger partial charge in [0.05, 0.1) is 11.8 Å². The first kappa shape index (κ1) is 7.65. The summed E-state index contributed by atoms with van der Waals surface area (Å²) in [6.07, 6.45) is 0.796. The number of carbonyl (C=O) groups excluding carboxylic acids is 1. The van der Waals surface area contributed by atoms with Gasteiger partial charge in [-0.25, -0.2) is 0 Å². The smallest absolute Gasteiger partial charge is 0.226 e. The number of fused-ring (bicyclic) bond motifs is 1. The minimum absolute atomic E-state index is 0. The Kier molecular flexibility index (Phi) is 2.26. The van der Waals surface area contributed by atoms with E-state index in [9.17, 15) is 4.79 Å². The lowest BCUT2D eigenvalue weighted by Gasteiger charge is -2.32. The summed E-state index contributed by atoms with van der Waals surface area (Å²) in [5.41, 5.74) is 0. The van der Waals surface area contributed by atoms with E-state index in [0.717, 1.165) is 18.7 Å². The molecule has 0 aromatic heterocycles. The van der Waals surface area contributed by atoms with E-state index >= 15 is 0 Å². The van der Waals surface area contributed by atoms with Gasteiger partial charge < -0.3 is 4.90 Å². The van der Waals surface area contributed by atoms with Gasteiger partial charge in [0, 0.05) is 12.3 Å². The van der Waals surface area contributed by atoms with Gasteiger partial charge >= 0.3 is 0 Å². The van der Waals surface area contributed by atoms with Gasteiger partial charge in [-0.1, -0.05) is 0 Å². The molecule has 0 spiro atoms. The molecular weight excluding hydrogens is 249 g/mol. The Bertz CT molecular complexity index is 141. The van der Waals surface area contributed by atoms with Crippen molar-refractivity contribution in [3.8, 4) is 0 Å².